The summed E-state index contributed by atoms with van der Waals surface area (Å²) in [4.78, 5) is 10.5. The molecule has 82 valence electrons. The first-order valence-electron chi connectivity index (χ1n) is 5.10. The molecule has 5 nitrogen and oxygen atoms in total. The SMILES string of the molecule is CN(C)c1nccc([C@@H]2CNCCO2)n1. The van der Waals surface area contributed by atoms with Gasteiger partial charge >= 0.3 is 0 Å². The van der Waals surface area contributed by atoms with E-state index in [0.717, 1.165) is 31.3 Å². The summed E-state index contributed by atoms with van der Waals surface area (Å²) >= 11 is 0. The van der Waals surface area contributed by atoms with Crippen molar-refractivity contribution in [1.29, 1.82) is 0 Å². The maximum Gasteiger partial charge on any atom is 0.225 e. The number of nitrogens with one attached hydrogen (secondary N) is 1. The Morgan fingerprint density at radius 2 is 2.40 bits per heavy atom. The van der Waals surface area contributed by atoms with Crippen LogP contribution in [0.15, 0.2) is 12.3 Å². The molecule has 0 aliphatic carbocycles. The topological polar surface area (TPSA) is 50.3 Å². The number of aromatic nitrogens is 2. The number of anilines is 1. The van der Waals surface area contributed by atoms with Gasteiger partial charge in [0, 0.05) is 33.4 Å². The molecule has 1 saturated heterocycles. The van der Waals surface area contributed by atoms with E-state index in [9.17, 15) is 0 Å². The van der Waals surface area contributed by atoms with Gasteiger partial charge < -0.3 is 15.0 Å². The van der Waals surface area contributed by atoms with Crippen LogP contribution in [-0.2, 0) is 4.74 Å². The van der Waals surface area contributed by atoms with Crippen LogP contribution < -0.4 is 10.2 Å². The molecule has 0 amide bonds. The Bertz CT molecular complexity index is 323. The van der Waals surface area contributed by atoms with Crippen LogP contribution in [0.25, 0.3) is 0 Å². The zero-order chi connectivity index (χ0) is 10.7. The fourth-order valence-corrected chi connectivity index (χ4v) is 1.51. The average Bonchev–Trinajstić information content (AvgIpc) is 2.30. The minimum Gasteiger partial charge on any atom is -0.369 e. The fraction of sp³-hybridized carbons (Fsp3) is 0.600. The van der Waals surface area contributed by atoms with Crippen molar-refractivity contribution in [2.45, 2.75) is 6.10 Å². The molecule has 2 rings (SSSR count). The third kappa shape index (κ3) is 2.43. The van der Waals surface area contributed by atoms with Crippen molar-refractivity contribution in [3.05, 3.63) is 18.0 Å². The highest BCUT2D eigenvalue weighted by Crippen LogP contribution is 2.17. The molecule has 5 heteroatoms. The van der Waals surface area contributed by atoms with E-state index in [1.807, 2.05) is 25.1 Å². The Kier molecular flexibility index (Phi) is 3.13. The number of hydrogen-bond donors (Lipinski definition) is 1. The molecule has 1 aromatic heterocycles. The zero-order valence-corrected chi connectivity index (χ0v) is 9.10. The molecule has 1 atom stereocenters. The molecule has 0 unspecified atom stereocenters. The lowest BCUT2D eigenvalue weighted by Crippen LogP contribution is -2.34. The Morgan fingerprint density at radius 1 is 1.53 bits per heavy atom. The van der Waals surface area contributed by atoms with Crippen LogP contribution in [0.5, 0.6) is 0 Å². The number of rotatable bonds is 2. The van der Waals surface area contributed by atoms with Crippen LogP contribution in [0.1, 0.15) is 11.8 Å². The maximum atomic E-state index is 5.63. The van der Waals surface area contributed by atoms with Crippen molar-refractivity contribution < 1.29 is 4.74 Å². The highest BCUT2D eigenvalue weighted by atomic mass is 16.5. The third-order valence-corrected chi connectivity index (χ3v) is 2.32. The van der Waals surface area contributed by atoms with Gasteiger partial charge in [0.15, 0.2) is 0 Å². The Morgan fingerprint density at radius 3 is 3.07 bits per heavy atom. The van der Waals surface area contributed by atoms with E-state index in [0.29, 0.717) is 0 Å². The number of hydrogen-bond acceptors (Lipinski definition) is 5. The summed E-state index contributed by atoms with van der Waals surface area (Å²) in [7, 11) is 3.86. The molecule has 0 aromatic carbocycles. The second-order valence-electron chi connectivity index (χ2n) is 3.74. The zero-order valence-electron chi connectivity index (χ0n) is 9.10. The lowest BCUT2D eigenvalue weighted by molar-refractivity contribution is 0.0250. The van der Waals surface area contributed by atoms with Crippen LogP contribution in [0.4, 0.5) is 5.95 Å². The van der Waals surface area contributed by atoms with E-state index in [1.54, 1.807) is 6.20 Å². The molecule has 1 aliphatic heterocycles. The number of morpholine rings is 1. The van der Waals surface area contributed by atoms with E-state index >= 15 is 0 Å². The number of ether oxygens (including phenoxy) is 1. The Labute approximate surface area is 89.5 Å². The molecular weight excluding hydrogens is 192 g/mol. The van der Waals surface area contributed by atoms with Crippen LogP contribution in [0, 0.1) is 0 Å². The first-order chi connectivity index (χ1) is 7.27. The molecular formula is C10H16N4O. The van der Waals surface area contributed by atoms with Crippen molar-refractivity contribution in [3.63, 3.8) is 0 Å². The largest absolute Gasteiger partial charge is 0.369 e. The predicted molar refractivity (Wildman–Crippen MR) is 57.9 cm³/mol. The molecule has 0 radical (unpaired) electrons. The molecule has 1 aromatic rings. The monoisotopic (exact) mass is 208 g/mol. The van der Waals surface area contributed by atoms with Gasteiger partial charge in [0.05, 0.1) is 12.3 Å². The third-order valence-electron chi connectivity index (χ3n) is 2.32. The quantitative estimate of drug-likeness (QED) is 0.752. The van der Waals surface area contributed by atoms with E-state index in [1.165, 1.54) is 0 Å². The summed E-state index contributed by atoms with van der Waals surface area (Å²) in [6, 6.07) is 1.91. The van der Waals surface area contributed by atoms with Crippen LogP contribution in [0.3, 0.4) is 0 Å². The lowest BCUT2D eigenvalue weighted by atomic mass is 10.2. The second-order valence-corrected chi connectivity index (χ2v) is 3.74. The minimum atomic E-state index is 0.0560. The highest BCUT2D eigenvalue weighted by molar-refractivity contribution is 5.27. The smallest absolute Gasteiger partial charge is 0.225 e. The minimum absolute atomic E-state index is 0.0560. The normalized spacial score (nSPS) is 21.3. The Hall–Kier alpha value is -1.20. The number of nitrogens with zero attached hydrogens (tertiary/aromatic N) is 3. The molecule has 1 fully saturated rings. The van der Waals surface area contributed by atoms with E-state index < -0.39 is 0 Å². The predicted octanol–water partition coefficient (Wildman–Crippen LogP) is 0.203. The van der Waals surface area contributed by atoms with Crippen molar-refractivity contribution in [2.75, 3.05) is 38.7 Å². The van der Waals surface area contributed by atoms with Crippen molar-refractivity contribution in [1.82, 2.24) is 15.3 Å². The van der Waals surface area contributed by atoms with Gasteiger partial charge in [-0.1, -0.05) is 0 Å². The van der Waals surface area contributed by atoms with Crippen molar-refractivity contribution in [3.8, 4) is 0 Å². The van der Waals surface area contributed by atoms with E-state index in [2.05, 4.69) is 15.3 Å². The molecule has 1 N–H and O–H groups in total. The molecule has 0 bridgehead atoms. The standard InChI is InChI=1S/C10H16N4O/c1-14(2)10-12-4-3-8(13-10)9-7-11-5-6-15-9/h3-4,9,11H,5-7H2,1-2H3/t9-/m0/s1. The maximum absolute atomic E-state index is 5.63. The van der Waals surface area contributed by atoms with Crippen molar-refractivity contribution >= 4 is 5.95 Å². The summed E-state index contributed by atoms with van der Waals surface area (Å²) < 4.78 is 5.63. The van der Waals surface area contributed by atoms with E-state index in [4.69, 9.17) is 4.74 Å². The van der Waals surface area contributed by atoms with Gasteiger partial charge in [-0.05, 0) is 6.07 Å². The molecule has 1 aliphatic rings. The lowest BCUT2D eigenvalue weighted by Gasteiger charge is -2.23. The molecule has 0 saturated carbocycles. The second kappa shape index (κ2) is 4.55. The molecule has 0 spiro atoms. The van der Waals surface area contributed by atoms with Gasteiger partial charge in [-0.15, -0.1) is 0 Å². The summed E-state index contributed by atoms with van der Waals surface area (Å²) in [6.45, 7) is 2.48. The van der Waals surface area contributed by atoms with Crippen LogP contribution >= 0.6 is 0 Å². The van der Waals surface area contributed by atoms with Gasteiger partial charge in [0.1, 0.15) is 6.10 Å². The average molecular weight is 208 g/mol. The van der Waals surface area contributed by atoms with Gasteiger partial charge in [-0.3, -0.25) is 0 Å². The highest BCUT2D eigenvalue weighted by Gasteiger charge is 2.17. The Balaban J connectivity index is 2.16. The molecule has 15 heavy (non-hydrogen) atoms. The first-order valence-corrected chi connectivity index (χ1v) is 5.10. The summed E-state index contributed by atoms with van der Waals surface area (Å²) in [6.07, 6.45) is 1.83. The molecule has 2 heterocycles. The van der Waals surface area contributed by atoms with Gasteiger partial charge in [0.25, 0.3) is 0 Å². The van der Waals surface area contributed by atoms with Gasteiger partial charge in [-0.2, -0.15) is 0 Å². The van der Waals surface area contributed by atoms with Gasteiger partial charge in [0.2, 0.25) is 5.95 Å². The van der Waals surface area contributed by atoms with E-state index in [-0.39, 0.29) is 6.10 Å². The van der Waals surface area contributed by atoms with Crippen molar-refractivity contribution in [2.24, 2.45) is 0 Å². The summed E-state index contributed by atoms with van der Waals surface area (Å²) in [5.74, 6) is 0.724. The van der Waals surface area contributed by atoms with Crippen LogP contribution in [0.2, 0.25) is 0 Å². The van der Waals surface area contributed by atoms with Crippen LogP contribution in [-0.4, -0.2) is 43.8 Å². The summed E-state index contributed by atoms with van der Waals surface area (Å²) in [5.41, 5.74) is 0.945. The van der Waals surface area contributed by atoms with Gasteiger partial charge in [-0.25, -0.2) is 9.97 Å². The first kappa shape index (κ1) is 10.3. The summed E-state index contributed by atoms with van der Waals surface area (Å²) in [5, 5.41) is 3.28. The fourth-order valence-electron chi connectivity index (χ4n) is 1.51.